The molecule has 1 fully saturated rings. The second kappa shape index (κ2) is 10.8. The van der Waals surface area contributed by atoms with E-state index in [1.807, 2.05) is 7.05 Å². The molecule has 150 valence electrons. The Bertz CT molecular complexity index is 621. The highest BCUT2D eigenvalue weighted by Crippen LogP contribution is 2.18. The zero-order chi connectivity index (χ0) is 19.6. The number of aryl methyl sites for hydroxylation is 2. The van der Waals surface area contributed by atoms with Crippen LogP contribution in [0.4, 0.5) is 0 Å². The van der Waals surface area contributed by atoms with Crippen LogP contribution in [0.15, 0.2) is 23.2 Å². The molecule has 1 aliphatic rings. The minimum Gasteiger partial charge on any atom is -0.492 e. The van der Waals surface area contributed by atoms with Gasteiger partial charge in [0.25, 0.3) is 0 Å². The van der Waals surface area contributed by atoms with Crippen molar-refractivity contribution in [2.75, 3.05) is 33.3 Å². The van der Waals surface area contributed by atoms with Crippen LogP contribution in [0.3, 0.4) is 0 Å². The van der Waals surface area contributed by atoms with Gasteiger partial charge in [0.1, 0.15) is 12.4 Å². The fourth-order valence-electron chi connectivity index (χ4n) is 2.84. The first-order valence-electron chi connectivity index (χ1n) is 9.98. The SMILES string of the molecule is CCNC(=NCCCC(=O)NC1CC1)N(C)CCOc1cc(C)cc(C)c1. The largest absolute Gasteiger partial charge is 0.492 e. The van der Waals surface area contributed by atoms with Crippen molar-refractivity contribution in [1.29, 1.82) is 0 Å². The highest BCUT2D eigenvalue weighted by Gasteiger charge is 2.22. The van der Waals surface area contributed by atoms with E-state index in [2.05, 4.69) is 59.5 Å². The van der Waals surface area contributed by atoms with Gasteiger partial charge < -0.3 is 20.3 Å². The third-order valence-electron chi connectivity index (χ3n) is 4.35. The molecule has 1 aliphatic carbocycles. The van der Waals surface area contributed by atoms with Crippen LogP contribution in [0, 0.1) is 13.8 Å². The zero-order valence-corrected chi connectivity index (χ0v) is 17.2. The van der Waals surface area contributed by atoms with Crippen molar-refractivity contribution in [3.05, 3.63) is 29.3 Å². The lowest BCUT2D eigenvalue weighted by atomic mass is 10.1. The molecule has 0 bridgehead atoms. The fraction of sp³-hybridized carbons (Fsp3) is 0.619. The van der Waals surface area contributed by atoms with Crippen LogP contribution in [0.1, 0.15) is 43.7 Å². The number of benzene rings is 1. The molecule has 1 aromatic rings. The van der Waals surface area contributed by atoms with Crippen LogP contribution < -0.4 is 15.4 Å². The van der Waals surface area contributed by atoms with Crippen molar-refractivity contribution < 1.29 is 9.53 Å². The van der Waals surface area contributed by atoms with Crippen molar-refractivity contribution >= 4 is 11.9 Å². The Kier molecular flexibility index (Phi) is 8.43. The van der Waals surface area contributed by atoms with E-state index in [4.69, 9.17) is 4.74 Å². The molecule has 2 N–H and O–H groups in total. The fourth-order valence-corrected chi connectivity index (χ4v) is 2.84. The summed E-state index contributed by atoms with van der Waals surface area (Å²) in [7, 11) is 2.01. The topological polar surface area (TPSA) is 66.0 Å². The van der Waals surface area contributed by atoms with Gasteiger partial charge in [-0.05, 0) is 63.3 Å². The predicted octanol–water partition coefficient (Wildman–Crippen LogP) is 2.64. The summed E-state index contributed by atoms with van der Waals surface area (Å²) in [5, 5.41) is 6.31. The summed E-state index contributed by atoms with van der Waals surface area (Å²) in [6.45, 7) is 8.98. The molecular formula is C21H34N4O2. The first-order chi connectivity index (χ1) is 13.0. The quantitative estimate of drug-likeness (QED) is 0.375. The van der Waals surface area contributed by atoms with Crippen molar-refractivity contribution in [3.8, 4) is 5.75 Å². The Morgan fingerprint density at radius 3 is 2.59 bits per heavy atom. The minimum absolute atomic E-state index is 0.146. The molecule has 0 saturated heterocycles. The summed E-state index contributed by atoms with van der Waals surface area (Å²) in [5.74, 6) is 1.90. The van der Waals surface area contributed by atoms with Gasteiger partial charge >= 0.3 is 0 Å². The summed E-state index contributed by atoms with van der Waals surface area (Å²) in [6.07, 6.45) is 3.56. The van der Waals surface area contributed by atoms with Gasteiger partial charge in [-0.1, -0.05) is 6.07 Å². The van der Waals surface area contributed by atoms with E-state index in [1.165, 1.54) is 11.1 Å². The van der Waals surface area contributed by atoms with Gasteiger partial charge in [-0.2, -0.15) is 0 Å². The van der Waals surface area contributed by atoms with Gasteiger partial charge in [0.15, 0.2) is 5.96 Å². The van der Waals surface area contributed by atoms with E-state index in [9.17, 15) is 4.79 Å². The third-order valence-corrected chi connectivity index (χ3v) is 4.35. The van der Waals surface area contributed by atoms with Gasteiger partial charge in [-0.15, -0.1) is 0 Å². The van der Waals surface area contributed by atoms with Crippen LogP contribution in [0.2, 0.25) is 0 Å². The van der Waals surface area contributed by atoms with E-state index < -0.39 is 0 Å². The third kappa shape index (κ3) is 8.33. The lowest BCUT2D eigenvalue weighted by Gasteiger charge is -2.22. The summed E-state index contributed by atoms with van der Waals surface area (Å²) in [6, 6.07) is 6.68. The Balaban J connectivity index is 1.73. The number of carbonyl (C=O) groups is 1. The van der Waals surface area contributed by atoms with E-state index in [-0.39, 0.29) is 5.91 Å². The molecular weight excluding hydrogens is 340 g/mol. The normalized spacial score (nSPS) is 14.0. The van der Waals surface area contributed by atoms with Crippen molar-refractivity contribution in [2.24, 2.45) is 4.99 Å². The number of hydrogen-bond donors (Lipinski definition) is 2. The number of nitrogens with zero attached hydrogens (tertiary/aromatic N) is 2. The minimum atomic E-state index is 0.146. The molecule has 6 heteroatoms. The molecule has 0 aliphatic heterocycles. The number of hydrogen-bond acceptors (Lipinski definition) is 3. The molecule has 0 heterocycles. The Morgan fingerprint density at radius 1 is 1.26 bits per heavy atom. The van der Waals surface area contributed by atoms with Crippen LogP contribution >= 0.6 is 0 Å². The molecule has 2 rings (SSSR count). The Hall–Kier alpha value is -2.24. The molecule has 0 radical (unpaired) electrons. The maximum Gasteiger partial charge on any atom is 0.220 e. The zero-order valence-electron chi connectivity index (χ0n) is 17.2. The van der Waals surface area contributed by atoms with Crippen LogP contribution in [0.5, 0.6) is 5.75 Å². The standard InChI is InChI=1S/C21H34N4O2/c1-5-22-21(23-10-6-7-20(26)24-18-8-9-18)25(4)11-12-27-19-14-16(2)13-17(3)15-19/h13-15,18H,5-12H2,1-4H3,(H,22,23)(H,24,26). The lowest BCUT2D eigenvalue weighted by Crippen LogP contribution is -2.41. The second-order valence-electron chi connectivity index (χ2n) is 7.27. The Labute approximate surface area is 163 Å². The highest BCUT2D eigenvalue weighted by atomic mass is 16.5. The van der Waals surface area contributed by atoms with Gasteiger partial charge in [-0.3, -0.25) is 9.79 Å². The van der Waals surface area contributed by atoms with E-state index >= 15 is 0 Å². The maximum absolute atomic E-state index is 11.7. The smallest absolute Gasteiger partial charge is 0.220 e. The second-order valence-corrected chi connectivity index (χ2v) is 7.27. The summed E-state index contributed by atoms with van der Waals surface area (Å²) >= 11 is 0. The molecule has 0 spiro atoms. The van der Waals surface area contributed by atoms with Gasteiger partial charge in [0, 0.05) is 32.6 Å². The monoisotopic (exact) mass is 374 g/mol. The maximum atomic E-state index is 11.7. The van der Waals surface area contributed by atoms with E-state index in [0.717, 1.165) is 44.1 Å². The average Bonchev–Trinajstić information content (AvgIpc) is 3.40. The predicted molar refractivity (Wildman–Crippen MR) is 110 cm³/mol. The molecule has 0 atom stereocenters. The summed E-state index contributed by atoms with van der Waals surface area (Å²) in [4.78, 5) is 18.4. The van der Waals surface area contributed by atoms with Crippen LogP contribution in [-0.4, -0.2) is 56.1 Å². The van der Waals surface area contributed by atoms with Gasteiger partial charge in [0.2, 0.25) is 5.91 Å². The van der Waals surface area contributed by atoms with Crippen molar-refractivity contribution in [3.63, 3.8) is 0 Å². The molecule has 1 amide bonds. The first kappa shape index (κ1) is 21.1. The molecule has 0 aromatic heterocycles. The van der Waals surface area contributed by atoms with Crippen LogP contribution in [0.25, 0.3) is 0 Å². The molecule has 0 unspecified atom stereocenters. The molecule has 1 aromatic carbocycles. The Morgan fingerprint density at radius 2 is 1.96 bits per heavy atom. The van der Waals surface area contributed by atoms with Crippen molar-refractivity contribution in [2.45, 2.75) is 52.5 Å². The van der Waals surface area contributed by atoms with E-state index in [1.54, 1.807) is 0 Å². The number of amides is 1. The molecule has 27 heavy (non-hydrogen) atoms. The average molecular weight is 375 g/mol. The highest BCUT2D eigenvalue weighted by molar-refractivity contribution is 5.80. The number of likely N-dealkylation sites (N-methyl/N-ethyl adjacent to an activating group) is 1. The number of carbonyl (C=O) groups excluding carboxylic acids is 1. The number of guanidine groups is 1. The lowest BCUT2D eigenvalue weighted by molar-refractivity contribution is -0.121. The summed E-state index contributed by atoms with van der Waals surface area (Å²) < 4.78 is 5.89. The number of aliphatic imine (C=N–C) groups is 1. The first-order valence-corrected chi connectivity index (χ1v) is 9.98. The molecule has 6 nitrogen and oxygen atoms in total. The number of ether oxygens (including phenoxy) is 1. The van der Waals surface area contributed by atoms with Crippen molar-refractivity contribution in [1.82, 2.24) is 15.5 Å². The van der Waals surface area contributed by atoms with Crippen LogP contribution in [-0.2, 0) is 4.79 Å². The molecule has 1 saturated carbocycles. The number of rotatable bonds is 10. The number of nitrogens with one attached hydrogen (secondary N) is 2. The summed E-state index contributed by atoms with van der Waals surface area (Å²) in [5.41, 5.74) is 2.41. The van der Waals surface area contributed by atoms with Gasteiger partial charge in [-0.25, -0.2) is 0 Å². The van der Waals surface area contributed by atoms with Gasteiger partial charge in [0.05, 0.1) is 6.54 Å². The van der Waals surface area contributed by atoms with E-state index in [0.29, 0.717) is 25.6 Å².